The Morgan fingerprint density at radius 3 is 2.71 bits per heavy atom. The summed E-state index contributed by atoms with van der Waals surface area (Å²) < 4.78 is 2.10. The van der Waals surface area contributed by atoms with E-state index in [-0.39, 0.29) is 17.6 Å². The molecule has 1 aromatic carbocycles. The SMILES string of the molecule is Cc1nnc2n1CCC[C@H]2NC(=O)NC1(c2ccccc2)CCC1. The molecule has 1 aliphatic heterocycles. The van der Waals surface area contributed by atoms with Crippen LogP contribution in [0, 0.1) is 6.92 Å². The van der Waals surface area contributed by atoms with Gasteiger partial charge in [-0.3, -0.25) is 0 Å². The molecule has 0 saturated heterocycles. The fourth-order valence-corrected chi connectivity index (χ4v) is 3.84. The molecule has 1 aliphatic carbocycles. The highest BCUT2D eigenvalue weighted by Crippen LogP contribution is 2.41. The lowest BCUT2D eigenvalue weighted by molar-refractivity contribution is 0.173. The molecule has 1 atom stereocenters. The first kappa shape index (κ1) is 15.2. The standard InChI is InChI=1S/C18H23N5O/c1-13-21-22-16-15(9-5-12-23(13)16)19-17(24)20-18(10-6-11-18)14-7-3-2-4-8-14/h2-4,7-8,15H,5-6,9-12H2,1H3,(H2,19,20,24)/t15-/m1/s1. The van der Waals surface area contributed by atoms with Crippen LogP contribution in [-0.4, -0.2) is 20.8 Å². The first-order valence-corrected chi connectivity index (χ1v) is 8.72. The lowest BCUT2D eigenvalue weighted by Gasteiger charge is -2.43. The van der Waals surface area contributed by atoms with Crippen molar-refractivity contribution in [1.82, 2.24) is 25.4 Å². The van der Waals surface area contributed by atoms with Crippen molar-refractivity contribution in [1.29, 1.82) is 0 Å². The third-order valence-electron chi connectivity index (χ3n) is 5.34. The topological polar surface area (TPSA) is 71.8 Å². The van der Waals surface area contributed by atoms with Crippen molar-refractivity contribution >= 4 is 6.03 Å². The minimum atomic E-state index is -0.219. The maximum atomic E-state index is 12.6. The van der Waals surface area contributed by atoms with Crippen LogP contribution >= 0.6 is 0 Å². The Bertz CT molecular complexity index is 735. The summed E-state index contributed by atoms with van der Waals surface area (Å²) in [5.41, 5.74) is 0.970. The van der Waals surface area contributed by atoms with Gasteiger partial charge in [0, 0.05) is 6.54 Å². The minimum absolute atomic E-state index is 0.0622. The van der Waals surface area contributed by atoms with Crippen molar-refractivity contribution in [2.75, 3.05) is 0 Å². The quantitative estimate of drug-likeness (QED) is 0.911. The highest BCUT2D eigenvalue weighted by molar-refractivity contribution is 5.75. The van der Waals surface area contributed by atoms with E-state index in [0.717, 1.165) is 50.3 Å². The highest BCUT2D eigenvalue weighted by Gasteiger charge is 2.40. The molecule has 0 unspecified atom stereocenters. The Labute approximate surface area is 141 Å². The van der Waals surface area contributed by atoms with Crippen LogP contribution in [0.1, 0.15) is 55.4 Å². The Hall–Kier alpha value is -2.37. The first-order valence-electron chi connectivity index (χ1n) is 8.72. The molecular formula is C18H23N5O. The molecule has 1 fully saturated rings. The van der Waals surface area contributed by atoms with Crippen LogP contribution in [0.15, 0.2) is 30.3 Å². The van der Waals surface area contributed by atoms with Crippen molar-refractivity contribution in [3.63, 3.8) is 0 Å². The zero-order valence-electron chi connectivity index (χ0n) is 14.0. The molecule has 24 heavy (non-hydrogen) atoms. The number of nitrogens with one attached hydrogen (secondary N) is 2. The van der Waals surface area contributed by atoms with Gasteiger partial charge in [-0.2, -0.15) is 0 Å². The van der Waals surface area contributed by atoms with Crippen LogP contribution in [-0.2, 0) is 12.1 Å². The molecule has 2 aliphatic rings. The summed E-state index contributed by atoms with van der Waals surface area (Å²) in [5.74, 6) is 1.79. The maximum Gasteiger partial charge on any atom is 0.316 e. The van der Waals surface area contributed by atoms with Crippen molar-refractivity contribution in [3.05, 3.63) is 47.5 Å². The summed E-state index contributed by atoms with van der Waals surface area (Å²) in [6, 6.07) is 10.1. The number of hydrogen-bond donors (Lipinski definition) is 2. The Morgan fingerprint density at radius 1 is 1.21 bits per heavy atom. The van der Waals surface area contributed by atoms with E-state index in [1.807, 2.05) is 25.1 Å². The number of urea groups is 1. The predicted molar refractivity (Wildman–Crippen MR) is 90.4 cm³/mol. The Morgan fingerprint density at radius 2 is 2.00 bits per heavy atom. The Kier molecular flexibility index (Phi) is 3.75. The summed E-state index contributed by atoms with van der Waals surface area (Å²) >= 11 is 0. The maximum absolute atomic E-state index is 12.6. The summed E-state index contributed by atoms with van der Waals surface area (Å²) in [5, 5.41) is 14.7. The number of aryl methyl sites for hydroxylation is 1. The molecule has 2 heterocycles. The van der Waals surface area contributed by atoms with Gasteiger partial charge in [0.15, 0.2) is 5.82 Å². The fraction of sp³-hybridized carbons (Fsp3) is 0.500. The van der Waals surface area contributed by atoms with Gasteiger partial charge in [-0.1, -0.05) is 30.3 Å². The zero-order valence-corrected chi connectivity index (χ0v) is 14.0. The lowest BCUT2D eigenvalue weighted by Crippen LogP contribution is -2.54. The number of nitrogens with zero attached hydrogens (tertiary/aromatic N) is 3. The van der Waals surface area contributed by atoms with E-state index in [1.165, 1.54) is 5.56 Å². The van der Waals surface area contributed by atoms with Gasteiger partial charge in [0.1, 0.15) is 5.82 Å². The average Bonchev–Trinajstić information content (AvgIpc) is 2.94. The van der Waals surface area contributed by atoms with Crippen molar-refractivity contribution in [2.24, 2.45) is 0 Å². The summed E-state index contributed by atoms with van der Waals surface area (Å²) in [6.45, 7) is 2.89. The van der Waals surface area contributed by atoms with Gasteiger partial charge in [-0.25, -0.2) is 4.79 Å². The number of hydrogen-bond acceptors (Lipinski definition) is 3. The molecule has 0 spiro atoms. The second-order valence-corrected chi connectivity index (χ2v) is 6.85. The molecule has 2 N–H and O–H groups in total. The van der Waals surface area contributed by atoms with Gasteiger partial charge in [-0.15, -0.1) is 10.2 Å². The molecule has 6 nitrogen and oxygen atoms in total. The molecule has 2 aromatic rings. The largest absolute Gasteiger partial charge is 0.329 e. The smallest absolute Gasteiger partial charge is 0.316 e. The van der Waals surface area contributed by atoms with Crippen LogP contribution in [0.25, 0.3) is 0 Å². The van der Waals surface area contributed by atoms with Crippen molar-refractivity contribution in [2.45, 2.75) is 57.2 Å². The summed E-state index contributed by atoms with van der Waals surface area (Å²) in [4.78, 5) is 12.6. The number of aromatic nitrogens is 3. The summed E-state index contributed by atoms with van der Waals surface area (Å²) in [7, 11) is 0. The van der Waals surface area contributed by atoms with Crippen molar-refractivity contribution in [3.8, 4) is 0 Å². The van der Waals surface area contributed by atoms with E-state index in [1.54, 1.807) is 0 Å². The van der Waals surface area contributed by atoms with E-state index in [4.69, 9.17) is 0 Å². The number of carbonyl (C=O) groups excluding carboxylic acids is 1. The number of benzene rings is 1. The van der Waals surface area contributed by atoms with Crippen LogP contribution in [0.3, 0.4) is 0 Å². The van der Waals surface area contributed by atoms with Gasteiger partial charge in [0.25, 0.3) is 0 Å². The third-order valence-corrected chi connectivity index (χ3v) is 5.34. The molecular weight excluding hydrogens is 302 g/mol. The van der Waals surface area contributed by atoms with Gasteiger partial charge in [-0.05, 0) is 44.6 Å². The third kappa shape index (κ3) is 2.56. The molecule has 2 amide bonds. The molecule has 1 saturated carbocycles. The molecule has 4 rings (SSSR count). The predicted octanol–water partition coefficient (Wildman–Crippen LogP) is 2.80. The molecule has 6 heteroatoms. The minimum Gasteiger partial charge on any atom is -0.329 e. The second kappa shape index (κ2) is 5.92. The van der Waals surface area contributed by atoms with Gasteiger partial charge >= 0.3 is 6.03 Å². The van der Waals surface area contributed by atoms with E-state index >= 15 is 0 Å². The zero-order chi connectivity index (χ0) is 16.6. The van der Waals surface area contributed by atoms with Gasteiger partial charge in [0.05, 0.1) is 11.6 Å². The number of amides is 2. The van der Waals surface area contributed by atoms with E-state index in [9.17, 15) is 4.79 Å². The summed E-state index contributed by atoms with van der Waals surface area (Å²) in [6.07, 6.45) is 5.06. The lowest BCUT2D eigenvalue weighted by atomic mass is 9.72. The fourth-order valence-electron chi connectivity index (χ4n) is 3.84. The van der Waals surface area contributed by atoms with Crippen LogP contribution < -0.4 is 10.6 Å². The number of fused-ring (bicyclic) bond motifs is 1. The van der Waals surface area contributed by atoms with E-state index in [2.05, 4.69) is 37.5 Å². The first-order chi connectivity index (χ1) is 11.7. The van der Waals surface area contributed by atoms with Crippen LogP contribution in [0.4, 0.5) is 4.79 Å². The monoisotopic (exact) mass is 325 g/mol. The molecule has 126 valence electrons. The van der Waals surface area contributed by atoms with Gasteiger partial charge in [0.2, 0.25) is 0 Å². The molecule has 0 radical (unpaired) electrons. The second-order valence-electron chi connectivity index (χ2n) is 6.85. The number of rotatable bonds is 3. The van der Waals surface area contributed by atoms with E-state index < -0.39 is 0 Å². The normalized spacial score (nSPS) is 21.5. The van der Waals surface area contributed by atoms with E-state index in [0.29, 0.717) is 0 Å². The highest BCUT2D eigenvalue weighted by atomic mass is 16.2. The molecule has 1 aromatic heterocycles. The van der Waals surface area contributed by atoms with Crippen LogP contribution in [0.2, 0.25) is 0 Å². The molecule has 0 bridgehead atoms. The van der Waals surface area contributed by atoms with Crippen molar-refractivity contribution < 1.29 is 4.79 Å². The van der Waals surface area contributed by atoms with Gasteiger partial charge < -0.3 is 15.2 Å². The van der Waals surface area contributed by atoms with Crippen LogP contribution in [0.5, 0.6) is 0 Å². The average molecular weight is 325 g/mol. The number of carbonyl (C=O) groups is 1. The Balaban J connectivity index is 1.48.